The summed E-state index contributed by atoms with van der Waals surface area (Å²) >= 11 is 0. The van der Waals surface area contributed by atoms with Crippen molar-refractivity contribution in [2.75, 3.05) is 16.8 Å². The van der Waals surface area contributed by atoms with Crippen LogP contribution in [0.3, 0.4) is 0 Å². The van der Waals surface area contributed by atoms with E-state index in [1.165, 1.54) is 19.1 Å². The van der Waals surface area contributed by atoms with Crippen molar-refractivity contribution in [3.05, 3.63) is 29.3 Å². The third kappa shape index (κ3) is 12.2. The standard InChI is InChI=1S/C26H39F3N2O4S/c1-3-4-17-36(34,35)18-13-11-9-7-5-6-8-10-12-16-25(2,33)24(32)31-22-15-14-21(20-30)23(19-22)26(27,28)29/h14-15,19,33H,3-13,16-18H2,1-2H3,(H,31,32). The molecule has 0 radical (unpaired) electrons. The van der Waals surface area contributed by atoms with Crippen LogP contribution in [0.5, 0.6) is 0 Å². The van der Waals surface area contributed by atoms with Crippen molar-refractivity contribution < 1.29 is 31.5 Å². The topological polar surface area (TPSA) is 107 Å². The quantitative estimate of drug-likeness (QED) is 0.226. The molecular formula is C26H39F3N2O4S. The van der Waals surface area contributed by atoms with Gasteiger partial charge >= 0.3 is 6.18 Å². The van der Waals surface area contributed by atoms with E-state index in [9.17, 15) is 31.5 Å². The number of nitriles is 1. The zero-order chi connectivity index (χ0) is 27.2. The summed E-state index contributed by atoms with van der Waals surface area (Å²) in [6.07, 6.45) is 5.11. The predicted molar refractivity (Wildman–Crippen MR) is 135 cm³/mol. The minimum absolute atomic E-state index is 0.134. The molecule has 0 heterocycles. The number of carbonyl (C=O) groups excluding carboxylic acids is 1. The first kappa shape index (κ1) is 31.9. The lowest BCUT2D eigenvalue weighted by Gasteiger charge is -2.22. The highest BCUT2D eigenvalue weighted by molar-refractivity contribution is 7.91. The summed E-state index contributed by atoms with van der Waals surface area (Å²) in [5.74, 6) is -0.237. The molecule has 1 aromatic rings. The Bertz CT molecular complexity index is 970. The number of hydrogen-bond donors (Lipinski definition) is 2. The number of amides is 1. The van der Waals surface area contributed by atoms with Crippen molar-refractivity contribution in [1.29, 1.82) is 5.26 Å². The molecule has 1 unspecified atom stereocenters. The fourth-order valence-electron chi connectivity index (χ4n) is 3.83. The minimum atomic E-state index is -4.73. The molecule has 1 amide bonds. The molecule has 0 aliphatic rings. The molecule has 0 spiro atoms. The number of carbonyl (C=O) groups is 1. The van der Waals surface area contributed by atoms with Crippen LogP contribution in [0.25, 0.3) is 0 Å². The van der Waals surface area contributed by atoms with E-state index < -0.39 is 38.6 Å². The molecule has 10 heteroatoms. The van der Waals surface area contributed by atoms with Crippen LogP contribution in [0, 0.1) is 11.3 Å². The first-order valence-electron chi connectivity index (χ1n) is 12.7. The highest BCUT2D eigenvalue weighted by Gasteiger charge is 2.35. The SMILES string of the molecule is CCCCS(=O)(=O)CCCCCCCCCCCC(C)(O)C(=O)Nc1ccc(C#N)c(C(F)(F)F)c1. The van der Waals surface area contributed by atoms with Gasteiger partial charge in [-0.2, -0.15) is 18.4 Å². The average Bonchev–Trinajstić information content (AvgIpc) is 2.80. The largest absolute Gasteiger partial charge is 0.417 e. The van der Waals surface area contributed by atoms with E-state index in [4.69, 9.17) is 5.26 Å². The second-order valence-corrected chi connectivity index (χ2v) is 11.8. The van der Waals surface area contributed by atoms with Crippen LogP contribution in [0.2, 0.25) is 0 Å². The number of anilines is 1. The normalized spacial score (nSPS) is 13.7. The Hall–Kier alpha value is -2.12. The molecule has 0 bridgehead atoms. The van der Waals surface area contributed by atoms with Crippen molar-refractivity contribution in [2.45, 2.75) is 103 Å². The van der Waals surface area contributed by atoms with Gasteiger partial charge in [-0.15, -0.1) is 0 Å². The van der Waals surface area contributed by atoms with Crippen LogP contribution in [0.4, 0.5) is 18.9 Å². The molecule has 2 N–H and O–H groups in total. The summed E-state index contributed by atoms with van der Waals surface area (Å²) in [6, 6.07) is 4.36. The summed E-state index contributed by atoms with van der Waals surface area (Å²) in [4.78, 5) is 12.4. The van der Waals surface area contributed by atoms with E-state index in [0.29, 0.717) is 18.9 Å². The van der Waals surface area contributed by atoms with Crippen molar-refractivity contribution in [2.24, 2.45) is 0 Å². The zero-order valence-corrected chi connectivity index (χ0v) is 22.1. The van der Waals surface area contributed by atoms with Gasteiger partial charge in [-0.3, -0.25) is 4.79 Å². The maximum Gasteiger partial charge on any atom is 0.417 e. The summed E-state index contributed by atoms with van der Waals surface area (Å²) in [5, 5.41) is 21.6. The van der Waals surface area contributed by atoms with E-state index in [0.717, 1.165) is 63.9 Å². The smallest absolute Gasteiger partial charge is 0.380 e. The monoisotopic (exact) mass is 532 g/mol. The van der Waals surface area contributed by atoms with Gasteiger partial charge in [-0.25, -0.2) is 8.42 Å². The molecule has 6 nitrogen and oxygen atoms in total. The molecule has 0 aliphatic heterocycles. The summed E-state index contributed by atoms with van der Waals surface area (Å²) in [5.41, 5.74) is -3.55. The van der Waals surface area contributed by atoms with Crippen LogP contribution in [0.1, 0.15) is 102 Å². The molecule has 204 valence electrons. The Balaban J connectivity index is 2.26. The molecule has 0 aromatic heterocycles. The van der Waals surface area contributed by atoms with Gasteiger partial charge in [0.25, 0.3) is 5.91 Å². The molecule has 0 fully saturated rings. The Morgan fingerprint density at radius 1 is 0.972 bits per heavy atom. The number of hydrogen-bond acceptors (Lipinski definition) is 5. The summed E-state index contributed by atoms with van der Waals surface area (Å²) in [7, 11) is -2.90. The molecule has 1 rings (SSSR count). The third-order valence-electron chi connectivity index (χ3n) is 6.12. The second kappa shape index (κ2) is 15.2. The molecule has 0 aliphatic carbocycles. The minimum Gasteiger partial charge on any atom is -0.380 e. The van der Waals surface area contributed by atoms with Crippen LogP contribution in [0.15, 0.2) is 18.2 Å². The maximum atomic E-state index is 13.1. The Morgan fingerprint density at radius 3 is 2.03 bits per heavy atom. The number of nitrogens with one attached hydrogen (secondary N) is 1. The lowest BCUT2D eigenvalue weighted by atomic mass is 9.96. The van der Waals surface area contributed by atoms with E-state index in [1.807, 2.05) is 6.92 Å². The van der Waals surface area contributed by atoms with Gasteiger partial charge in [0, 0.05) is 5.69 Å². The highest BCUT2D eigenvalue weighted by Crippen LogP contribution is 2.33. The highest BCUT2D eigenvalue weighted by atomic mass is 32.2. The molecule has 0 saturated carbocycles. The van der Waals surface area contributed by atoms with Crippen molar-refractivity contribution in [1.82, 2.24) is 0 Å². The Labute approximate surface area is 213 Å². The van der Waals surface area contributed by atoms with Crippen molar-refractivity contribution in [3.63, 3.8) is 0 Å². The zero-order valence-electron chi connectivity index (χ0n) is 21.3. The van der Waals surface area contributed by atoms with Gasteiger partial charge in [-0.1, -0.05) is 64.7 Å². The lowest BCUT2D eigenvalue weighted by Crippen LogP contribution is -2.40. The van der Waals surface area contributed by atoms with Crippen LogP contribution >= 0.6 is 0 Å². The first-order valence-corrected chi connectivity index (χ1v) is 14.5. The van der Waals surface area contributed by atoms with E-state index in [-0.39, 0.29) is 23.6 Å². The van der Waals surface area contributed by atoms with Gasteiger partial charge in [0.1, 0.15) is 15.4 Å². The Morgan fingerprint density at radius 2 is 1.50 bits per heavy atom. The molecule has 1 atom stereocenters. The van der Waals surface area contributed by atoms with Crippen molar-refractivity contribution >= 4 is 21.4 Å². The van der Waals surface area contributed by atoms with Crippen LogP contribution < -0.4 is 5.32 Å². The summed E-state index contributed by atoms with van der Waals surface area (Å²) in [6.45, 7) is 3.31. The number of aliphatic hydroxyl groups is 1. The van der Waals surface area contributed by atoms with E-state index in [2.05, 4.69) is 5.32 Å². The van der Waals surface area contributed by atoms with Crippen LogP contribution in [-0.2, 0) is 20.8 Å². The summed E-state index contributed by atoms with van der Waals surface area (Å²) < 4.78 is 62.9. The first-order chi connectivity index (χ1) is 16.8. The predicted octanol–water partition coefficient (Wildman–Crippen LogP) is 6.38. The number of nitrogens with zero attached hydrogens (tertiary/aromatic N) is 1. The third-order valence-corrected chi connectivity index (χ3v) is 7.94. The fraction of sp³-hybridized carbons (Fsp3) is 0.692. The number of halogens is 3. The van der Waals surface area contributed by atoms with Gasteiger partial charge in [-0.05, 0) is 44.4 Å². The number of unbranched alkanes of at least 4 members (excludes halogenated alkanes) is 9. The van der Waals surface area contributed by atoms with Crippen molar-refractivity contribution in [3.8, 4) is 6.07 Å². The number of alkyl halides is 3. The molecule has 36 heavy (non-hydrogen) atoms. The second-order valence-electron chi connectivity index (χ2n) is 9.54. The number of rotatable bonds is 17. The lowest BCUT2D eigenvalue weighted by molar-refractivity contribution is -0.138. The van der Waals surface area contributed by atoms with Crippen LogP contribution in [-0.4, -0.2) is 36.5 Å². The van der Waals surface area contributed by atoms with E-state index in [1.54, 1.807) is 0 Å². The fourth-order valence-corrected chi connectivity index (χ4v) is 5.40. The average molecular weight is 533 g/mol. The molecule has 0 saturated heterocycles. The number of sulfone groups is 1. The van der Waals surface area contributed by atoms with Gasteiger partial charge in [0.15, 0.2) is 0 Å². The van der Waals surface area contributed by atoms with Gasteiger partial charge < -0.3 is 10.4 Å². The number of benzene rings is 1. The van der Waals surface area contributed by atoms with E-state index >= 15 is 0 Å². The Kier molecular flexibility index (Phi) is 13.5. The molecule has 1 aromatic carbocycles. The van der Waals surface area contributed by atoms with Gasteiger partial charge in [0.05, 0.1) is 28.7 Å². The molecular weight excluding hydrogens is 493 g/mol. The van der Waals surface area contributed by atoms with Gasteiger partial charge in [0.2, 0.25) is 0 Å². The maximum absolute atomic E-state index is 13.1.